The largest absolute Gasteiger partial charge is 0.364 e. The molecule has 4 N–H and O–H groups in total. The Kier molecular flexibility index (Phi) is 2.35. The van der Waals surface area contributed by atoms with E-state index in [1.165, 1.54) is 12.4 Å². The second-order valence-corrected chi connectivity index (χ2v) is 2.44. The molecule has 0 aromatic carbocycles. The van der Waals surface area contributed by atoms with Gasteiger partial charge in [-0.25, -0.2) is 4.98 Å². The van der Waals surface area contributed by atoms with Gasteiger partial charge in [0.05, 0.1) is 5.69 Å². The number of carbonyl (C=O) groups excluding carboxylic acids is 1. The molecule has 1 unspecified atom stereocenters. The van der Waals surface area contributed by atoms with Crippen molar-refractivity contribution in [2.45, 2.75) is 13.0 Å². The van der Waals surface area contributed by atoms with Gasteiger partial charge in [-0.3, -0.25) is 9.78 Å². The number of primary amides is 1. The van der Waals surface area contributed by atoms with Crippen molar-refractivity contribution in [1.82, 2.24) is 9.97 Å². The van der Waals surface area contributed by atoms with Crippen molar-refractivity contribution in [3.63, 3.8) is 0 Å². The molecule has 0 spiro atoms. The number of amides is 1. The van der Waals surface area contributed by atoms with Crippen LogP contribution in [-0.2, 0) is 0 Å². The molecule has 1 amide bonds. The summed E-state index contributed by atoms with van der Waals surface area (Å²) in [5.41, 5.74) is 11.2. The molecule has 0 aliphatic carbocycles. The predicted molar refractivity (Wildman–Crippen MR) is 43.2 cm³/mol. The molecule has 0 aliphatic rings. The molecule has 5 heteroatoms. The maximum Gasteiger partial charge on any atom is 0.269 e. The van der Waals surface area contributed by atoms with E-state index in [9.17, 15) is 4.79 Å². The first-order valence-corrected chi connectivity index (χ1v) is 3.49. The van der Waals surface area contributed by atoms with Gasteiger partial charge in [0.1, 0.15) is 0 Å². The highest BCUT2D eigenvalue weighted by atomic mass is 16.1. The first-order chi connectivity index (χ1) is 5.63. The van der Waals surface area contributed by atoms with Crippen LogP contribution in [0.25, 0.3) is 0 Å². The van der Waals surface area contributed by atoms with Crippen LogP contribution in [0, 0.1) is 0 Å². The molecule has 0 saturated carbocycles. The van der Waals surface area contributed by atoms with Crippen molar-refractivity contribution in [3.05, 3.63) is 23.8 Å². The van der Waals surface area contributed by atoms with Gasteiger partial charge in [-0.2, -0.15) is 0 Å². The molecule has 0 saturated heterocycles. The summed E-state index contributed by atoms with van der Waals surface area (Å²) in [6, 6.07) is -0.332. The third kappa shape index (κ3) is 1.57. The highest BCUT2D eigenvalue weighted by Gasteiger charge is 2.13. The minimum absolute atomic E-state index is 0.146. The lowest BCUT2D eigenvalue weighted by Gasteiger charge is -2.06. The van der Waals surface area contributed by atoms with Crippen LogP contribution in [0.3, 0.4) is 0 Å². The van der Waals surface area contributed by atoms with Crippen molar-refractivity contribution >= 4 is 5.91 Å². The fourth-order valence-electron chi connectivity index (χ4n) is 0.872. The van der Waals surface area contributed by atoms with E-state index < -0.39 is 5.91 Å². The van der Waals surface area contributed by atoms with Crippen LogP contribution in [-0.4, -0.2) is 15.9 Å². The van der Waals surface area contributed by atoms with Gasteiger partial charge in [0.15, 0.2) is 5.69 Å². The zero-order chi connectivity index (χ0) is 9.14. The fraction of sp³-hybridized carbons (Fsp3) is 0.286. The summed E-state index contributed by atoms with van der Waals surface area (Å²) in [5.74, 6) is -0.601. The van der Waals surface area contributed by atoms with Crippen LogP contribution >= 0.6 is 0 Å². The topological polar surface area (TPSA) is 94.9 Å². The summed E-state index contributed by atoms with van der Waals surface area (Å²) in [5, 5.41) is 0. The summed E-state index contributed by atoms with van der Waals surface area (Å²) in [6.07, 6.45) is 2.89. The van der Waals surface area contributed by atoms with E-state index >= 15 is 0 Å². The second-order valence-electron chi connectivity index (χ2n) is 2.44. The van der Waals surface area contributed by atoms with E-state index in [-0.39, 0.29) is 11.7 Å². The zero-order valence-corrected chi connectivity index (χ0v) is 6.69. The van der Waals surface area contributed by atoms with Crippen molar-refractivity contribution in [2.75, 3.05) is 0 Å². The Bertz CT molecular complexity index is 297. The van der Waals surface area contributed by atoms with Crippen molar-refractivity contribution in [1.29, 1.82) is 0 Å². The lowest BCUT2D eigenvalue weighted by molar-refractivity contribution is 0.0993. The van der Waals surface area contributed by atoms with E-state index in [0.29, 0.717) is 5.69 Å². The third-order valence-electron chi connectivity index (χ3n) is 1.39. The minimum atomic E-state index is -0.601. The van der Waals surface area contributed by atoms with Crippen LogP contribution in [0.1, 0.15) is 29.1 Å². The van der Waals surface area contributed by atoms with Gasteiger partial charge in [0.25, 0.3) is 5.91 Å². The molecule has 64 valence electrons. The lowest BCUT2D eigenvalue weighted by Crippen LogP contribution is -2.20. The van der Waals surface area contributed by atoms with Gasteiger partial charge < -0.3 is 11.5 Å². The SMILES string of the molecule is CC(N)c1nccnc1C(N)=O. The fourth-order valence-corrected chi connectivity index (χ4v) is 0.872. The van der Waals surface area contributed by atoms with Crippen LogP contribution in [0.5, 0.6) is 0 Å². The highest BCUT2D eigenvalue weighted by molar-refractivity contribution is 5.91. The Balaban J connectivity index is 3.17. The molecular formula is C7H10N4O. The van der Waals surface area contributed by atoms with Crippen LogP contribution in [0.15, 0.2) is 12.4 Å². The van der Waals surface area contributed by atoms with Gasteiger partial charge in [-0.1, -0.05) is 0 Å². The normalized spacial score (nSPS) is 12.5. The molecule has 5 nitrogen and oxygen atoms in total. The average Bonchev–Trinajstić information content (AvgIpc) is 2.04. The summed E-state index contributed by atoms with van der Waals surface area (Å²) in [7, 11) is 0. The average molecular weight is 166 g/mol. The van der Waals surface area contributed by atoms with Crippen molar-refractivity contribution in [2.24, 2.45) is 11.5 Å². The molecule has 1 aromatic rings. The Morgan fingerprint density at radius 3 is 2.50 bits per heavy atom. The van der Waals surface area contributed by atoms with Gasteiger partial charge in [-0.15, -0.1) is 0 Å². The Labute approximate surface area is 69.8 Å². The van der Waals surface area contributed by atoms with E-state index in [1.807, 2.05) is 0 Å². The van der Waals surface area contributed by atoms with E-state index in [1.54, 1.807) is 6.92 Å². The Hall–Kier alpha value is -1.49. The minimum Gasteiger partial charge on any atom is -0.364 e. The van der Waals surface area contributed by atoms with Crippen LogP contribution in [0.4, 0.5) is 0 Å². The van der Waals surface area contributed by atoms with E-state index in [4.69, 9.17) is 11.5 Å². The van der Waals surface area contributed by atoms with Crippen molar-refractivity contribution < 1.29 is 4.79 Å². The molecule has 12 heavy (non-hydrogen) atoms. The summed E-state index contributed by atoms with van der Waals surface area (Å²) in [6.45, 7) is 1.72. The molecule has 1 atom stereocenters. The zero-order valence-electron chi connectivity index (χ0n) is 6.69. The van der Waals surface area contributed by atoms with E-state index in [0.717, 1.165) is 0 Å². The number of hydrogen-bond donors (Lipinski definition) is 2. The first-order valence-electron chi connectivity index (χ1n) is 3.49. The van der Waals surface area contributed by atoms with E-state index in [2.05, 4.69) is 9.97 Å². The molecule has 0 bridgehead atoms. The molecule has 1 rings (SSSR count). The number of aromatic nitrogens is 2. The Morgan fingerprint density at radius 2 is 2.08 bits per heavy atom. The standard InChI is InChI=1S/C7H10N4O/c1-4(8)5-6(7(9)12)11-3-2-10-5/h2-4H,8H2,1H3,(H2,9,12). The smallest absolute Gasteiger partial charge is 0.269 e. The quantitative estimate of drug-likeness (QED) is 0.624. The molecule has 1 heterocycles. The molecule has 0 fully saturated rings. The van der Waals surface area contributed by atoms with Gasteiger partial charge >= 0.3 is 0 Å². The Morgan fingerprint density at radius 1 is 1.50 bits per heavy atom. The van der Waals surface area contributed by atoms with Crippen LogP contribution < -0.4 is 11.5 Å². The molecular weight excluding hydrogens is 156 g/mol. The van der Waals surface area contributed by atoms with Gasteiger partial charge in [-0.05, 0) is 6.92 Å². The summed E-state index contributed by atoms with van der Waals surface area (Å²) in [4.78, 5) is 18.5. The number of nitrogens with two attached hydrogens (primary N) is 2. The third-order valence-corrected chi connectivity index (χ3v) is 1.39. The van der Waals surface area contributed by atoms with Crippen LogP contribution in [0.2, 0.25) is 0 Å². The lowest BCUT2D eigenvalue weighted by atomic mass is 10.2. The second kappa shape index (κ2) is 3.27. The van der Waals surface area contributed by atoms with Gasteiger partial charge in [0.2, 0.25) is 0 Å². The number of rotatable bonds is 2. The number of hydrogen-bond acceptors (Lipinski definition) is 4. The summed E-state index contributed by atoms with van der Waals surface area (Å²) < 4.78 is 0. The molecule has 0 aliphatic heterocycles. The molecule has 1 aromatic heterocycles. The molecule has 0 radical (unpaired) electrons. The predicted octanol–water partition coefficient (Wildman–Crippen LogP) is -0.405. The maximum absolute atomic E-state index is 10.8. The maximum atomic E-state index is 10.8. The highest BCUT2D eigenvalue weighted by Crippen LogP contribution is 2.08. The summed E-state index contributed by atoms with van der Waals surface area (Å²) >= 11 is 0. The first kappa shape index (κ1) is 8.61. The number of carbonyl (C=O) groups is 1. The van der Waals surface area contributed by atoms with Gasteiger partial charge in [0, 0.05) is 18.4 Å². The van der Waals surface area contributed by atoms with Crippen molar-refractivity contribution in [3.8, 4) is 0 Å². The number of nitrogens with zero attached hydrogens (tertiary/aromatic N) is 2. The monoisotopic (exact) mass is 166 g/mol.